The lowest BCUT2D eigenvalue weighted by Crippen LogP contribution is -2.39. The van der Waals surface area contributed by atoms with E-state index in [0.717, 1.165) is 38.8 Å². The summed E-state index contributed by atoms with van der Waals surface area (Å²) in [5.41, 5.74) is 0.651. The number of carbonyl (C=O) groups is 1. The number of rotatable bonds is 7. The number of urea groups is 1. The highest BCUT2D eigenvalue weighted by molar-refractivity contribution is 6.42. The smallest absolute Gasteiger partial charge is 0.321 e. The van der Waals surface area contributed by atoms with Gasteiger partial charge in [-0.05, 0) is 49.8 Å². The summed E-state index contributed by atoms with van der Waals surface area (Å²) in [5, 5.41) is 3.85. The van der Waals surface area contributed by atoms with Gasteiger partial charge in [0.25, 0.3) is 0 Å². The number of nitrogens with one attached hydrogen (secondary N) is 1. The summed E-state index contributed by atoms with van der Waals surface area (Å²) in [6.07, 6.45) is 14.0. The zero-order chi connectivity index (χ0) is 19.1. The maximum absolute atomic E-state index is 12.9. The van der Waals surface area contributed by atoms with Crippen molar-refractivity contribution < 1.29 is 4.79 Å². The van der Waals surface area contributed by atoms with Crippen molar-refractivity contribution in [1.82, 2.24) is 14.5 Å². The molecule has 2 aromatic rings. The molecule has 0 radical (unpaired) electrons. The molecule has 5 nitrogen and oxygen atoms in total. The van der Waals surface area contributed by atoms with E-state index in [1.54, 1.807) is 30.7 Å². The van der Waals surface area contributed by atoms with Gasteiger partial charge in [-0.2, -0.15) is 0 Å². The van der Waals surface area contributed by atoms with Crippen LogP contribution in [0.15, 0.2) is 49.1 Å². The van der Waals surface area contributed by atoms with Crippen LogP contribution >= 0.6 is 23.2 Å². The van der Waals surface area contributed by atoms with Crippen LogP contribution in [0, 0.1) is 5.92 Å². The molecule has 1 unspecified atom stereocenters. The molecule has 1 aromatic carbocycles. The van der Waals surface area contributed by atoms with Crippen LogP contribution in [0.2, 0.25) is 10.0 Å². The third-order valence-electron chi connectivity index (χ3n) is 4.72. The van der Waals surface area contributed by atoms with Gasteiger partial charge in [0.05, 0.1) is 16.4 Å². The number of halogens is 2. The van der Waals surface area contributed by atoms with Crippen molar-refractivity contribution >= 4 is 34.9 Å². The number of carbonyl (C=O) groups excluding carboxylic acids is 1. The Morgan fingerprint density at radius 2 is 2.19 bits per heavy atom. The molecule has 0 spiro atoms. The number of allylic oxidation sites excluding steroid dienone is 2. The Hall–Kier alpha value is -1.98. The predicted octanol–water partition coefficient (Wildman–Crippen LogP) is 5.47. The molecule has 27 heavy (non-hydrogen) atoms. The predicted molar refractivity (Wildman–Crippen MR) is 110 cm³/mol. The maximum Gasteiger partial charge on any atom is 0.321 e. The van der Waals surface area contributed by atoms with E-state index < -0.39 is 0 Å². The number of anilines is 1. The van der Waals surface area contributed by atoms with Crippen LogP contribution in [0.4, 0.5) is 10.5 Å². The molecule has 0 aliphatic heterocycles. The van der Waals surface area contributed by atoms with Crippen molar-refractivity contribution in [2.45, 2.75) is 32.2 Å². The Balaban J connectivity index is 1.61. The highest BCUT2D eigenvalue weighted by Crippen LogP contribution is 2.25. The van der Waals surface area contributed by atoms with Crippen LogP contribution in [0.1, 0.15) is 25.7 Å². The van der Waals surface area contributed by atoms with Crippen molar-refractivity contribution in [3.63, 3.8) is 0 Å². The van der Waals surface area contributed by atoms with Gasteiger partial charge >= 0.3 is 6.03 Å². The van der Waals surface area contributed by atoms with Gasteiger partial charge in [-0.3, -0.25) is 0 Å². The van der Waals surface area contributed by atoms with E-state index in [9.17, 15) is 4.79 Å². The number of benzene rings is 1. The maximum atomic E-state index is 12.9. The van der Waals surface area contributed by atoms with E-state index in [2.05, 4.69) is 22.5 Å². The molecule has 1 N–H and O–H groups in total. The van der Waals surface area contributed by atoms with Gasteiger partial charge < -0.3 is 14.8 Å². The Labute approximate surface area is 170 Å². The van der Waals surface area contributed by atoms with Gasteiger partial charge in [0.2, 0.25) is 0 Å². The van der Waals surface area contributed by atoms with Crippen molar-refractivity contribution in [2.24, 2.45) is 5.92 Å². The molecule has 3 rings (SSSR count). The van der Waals surface area contributed by atoms with Gasteiger partial charge in [-0.1, -0.05) is 35.4 Å². The second kappa shape index (κ2) is 9.81. The summed E-state index contributed by atoms with van der Waals surface area (Å²) >= 11 is 12.0. The lowest BCUT2D eigenvalue weighted by molar-refractivity contribution is 0.196. The first-order valence-electron chi connectivity index (χ1n) is 9.23. The zero-order valence-electron chi connectivity index (χ0n) is 15.2. The van der Waals surface area contributed by atoms with E-state index in [0.29, 0.717) is 28.2 Å². The Kier molecular flexibility index (Phi) is 7.18. The molecule has 0 bridgehead atoms. The third-order valence-corrected chi connectivity index (χ3v) is 5.46. The molecule has 0 fully saturated rings. The first-order chi connectivity index (χ1) is 13.1. The first-order valence-corrected chi connectivity index (χ1v) is 9.99. The molecule has 1 aliphatic rings. The third kappa shape index (κ3) is 6.01. The monoisotopic (exact) mass is 406 g/mol. The summed E-state index contributed by atoms with van der Waals surface area (Å²) in [7, 11) is 0. The number of hydrogen-bond donors (Lipinski definition) is 1. The van der Waals surface area contributed by atoms with E-state index in [4.69, 9.17) is 23.2 Å². The fourth-order valence-electron chi connectivity index (χ4n) is 3.25. The topological polar surface area (TPSA) is 50.2 Å². The highest BCUT2D eigenvalue weighted by Gasteiger charge is 2.19. The average molecular weight is 407 g/mol. The van der Waals surface area contributed by atoms with Crippen molar-refractivity contribution in [3.05, 3.63) is 59.1 Å². The van der Waals surface area contributed by atoms with Crippen molar-refractivity contribution in [2.75, 3.05) is 18.4 Å². The first kappa shape index (κ1) is 19.8. The molecule has 2 amide bonds. The molecule has 7 heteroatoms. The number of aryl methyl sites for hydroxylation is 1. The Morgan fingerprint density at radius 3 is 2.89 bits per heavy atom. The largest absolute Gasteiger partial charge is 0.337 e. The summed E-state index contributed by atoms with van der Waals surface area (Å²) < 4.78 is 2.03. The standard InChI is InChI=1S/C20H24Cl2N4O/c21-18-8-7-17(13-19(18)22)24-20(27)26(14-16-5-2-1-3-6-16)11-4-10-25-12-9-23-15-25/h1-2,7-9,12-13,15-16H,3-6,10-11,14H2,(H,24,27). The lowest BCUT2D eigenvalue weighted by atomic mass is 9.94. The lowest BCUT2D eigenvalue weighted by Gasteiger charge is -2.28. The van der Waals surface area contributed by atoms with Crippen LogP contribution in [0.3, 0.4) is 0 Å². The van der Waals surface area contributed by atoms with Crippen LogP contribution < -0.4 is 5.32 Å². The molecular weight excluding hydrogens is 383 g/mol. The van der Waals surface area contributed by atoms with Crippen molar-refractivity contribution in [1.29, 1.82) is 0 Å². The molecule has 1 aromatic heterocycles. The highest BCUT2D eigenvalue weighted by atomic mass is 35.5. The van der Waals surface area contributed by atoms with E-state index in [-0.39, 0.29) is 6.03 Å². The van der Waals surface area contributed by atoms with E-state index in [1.807, 2.05) is 15.7 Å². The molecule has 0 saturated carbocycles. The second-order valence-corrected chi connectivity index (χ2v) is 7.62. The summed E-state index contributed by atoms with van der Waals surface area (Å²) in [6.45, 7) is 2.27. The van der Waals surface area contributed by atoms with Crippen molar-refractivity contribution in [3.8, 4) is 0 Å². The SMILES string of the molecule is O=C(Nc1ccc(Cl)c(Cl)c1)N(CCCn1ccnc1)CC1CC=CCC1. The minimum absolute atomic E-state index is 0.103. The number of hydrogen-bond acceptors (Lipinski definition) is 2. The number of imidazole rings is 1. The second-order valence-electron chi connectivity index (χ2n) is 6.81. The average Bonchev–Trinajstić information content (AvgIpc) is 3.18. The molecule has 1 aliphatic carbocycles. The van der Waals surface area contributed by atoms with Gasteiger partial charge in [-0.15, -0.1) is 0 Å². The Bertz CT molecular complexity index is 776. The molecular formula is C20H24Cl2N4O. The van der Waals surface area contributed by atoms with Gasteiger partial charge in [0, 0.05) is 37.7 Å². The minimum atomic E-state index is -0.103. The molecule has 0 saturated heterocycles. The Morgan fingerprint density at radius 1 is 1.30 bits per heavy atom. The van der Waals surface area contributed by atoms with Crippen LogP contribution in [0.5, 0.6) is 0 Å². The summed E-state index contributed by atoms with van der Waals surface area (Å²) in [4.78, 5) is 18.8. The molecule has 144 valence electrons. The van der Waals surface area contributed by atoms with Gasteiger partial charge in [0.15, 0.2) is 0 Å². The van der Waals surface area contributed by atoms with E-state index in [1.165, 1.54) is 0 Å². The number of aromatic nitrogens is 2. The fourth-order valence-corrected chi connectivity index (χ4v) is 3.55. The normalized spacial score (nSPS) is 16.3. The minimum Gasteiger partial charge on any atom is -0.337 e. The summed E-state index contributed by atoms with van der Waals surface area (Å²) in [5.74, 6) is 0.503. The zero-order valence-corrected chi connectivity index (χ0v) is 16.7. The number of nitrogens with zero attached hydrogens (tertiary/aromatic N) is 3. The summed E-state index contributed by atoms with van der Waals surface area (Å²) in [6, 6.07) is 5.02. The van der Waals surface area contributed by atoms with Crippen LogP contribution in [0.25, 0.3) is 0 Å². The van der Waals surface area contributed by atoms with Gasteiger partial charge in [0.1, 0.15) is 0 Å². The van der Waals surface area contributed by atoms with E-state index >= 15 is 0 Å². The van der Waals surface area contributed by atoms with Gasteiger partial charge in [-0.25, -0.2) is 9.78 Å². The van der Waals surface area contributed by atoms with Crippen LogP contribution in [-0.4, -0.2) is 33.6 Å². The quantitative estimate of drug-likeness (QED) is 0.619. The van der Waals surface area contributed by atoms with Crippen LogP contribution in [-0.2, 0) is 6.54 Å². The fraction of sp³-hybridized carbons (Fsp3) is 0.400. The molecule has 1 heterocycles. The number of amides is 2. The molecule has 1 atom stereocenters.